The number of carbonyl (C=O) groups excluding carboxylic acids is 1. The van der Waals surface area contributed by atoms with E-state index in [1.165, 1.54) is 77.0 Å². The van der Waals surface area contributed by atoms with E-state index in [-0.39, 0.29) is 0 Å². The number of allylic oxidation sites excluding steroid dienone is 2. The first kappa shape index (κ1) is 24.5. The molecule has 0 fully saturated rings. The summed E-state index contributed by atoms with van der Waals surface area (Å²) in [5, 5.41) is 0. The van der Waals surface area contributed by atoms with Crippen molar-refractivity contribution in [1.29, 1.82) is 0 Å². The quantitative estimate of drug-likeness (QED) is 0.190. The molecular weight excluding hydrogens is 344 g/mol. The van der Waals surface area contributed by atoms with Crippen LogP contribution in [0.4, 0.5) is 0 Å². The Kier molecular flexibility index (Phi) is 15.3. The summed E-state index contributed by atoms with van der Waals surface area (Å²) in [6.45, 7) is 2.27. The van der Waals surface area contributed by atoms with E-state index in [2.05, 4.69) is 19.1 Å². The molecule has 1 rings (SSSR count). The topological polar surface area (TPSA) is 26.3 Å². The van der Waals surface area contributed by atoms with Crippen LogP contribution in [0.5, 0.6) is 5.75 Å². The molecule has 0 spiro atoms. The summed E-state index contributed by atoms with van der Waals surface area (Å²) in [4.78, 5) is 12.1. The average Bonchev–Trinajstić information content (AvgIpc) is 2.71. The Labute approximate surface area is 173 Å². The zero-order valence-electron chi connectivity index (χ0n) is 18.4. The van der Waals surface area contributed by atoms with Gasteiger partial charge < -0.3 is 4.74 Å². The highest BCUT2D eigenvalue weighted by molar-refractivity contribution is 5.80. The Hall–Kier alpha value is -1.57. The molecule has 0 heterocycles. The van der Waals surface area contributed by atoms with E-state index in [0.717, 1.165) is 17.7 Å². The lowest BCUT2D eigenvalue weighted by atomic mass is 10.0. The number of hydrogen-bond acceptors (Lipinski definition) is 2. The van der Waals surface area contributed by atoms with E-state index < -0.39 is 0 Å². The molecule has 158 valence electrons. The Morgan fingerprint density at radius 1 is 0.857 bits per heavy atom. The van der Waals surface area contributed by atoms with Gasteiger partial charge in [0.1, 0.15) is 11.5 Å². The van der Waals surface area contributed by atoms with Gasteiger partial charge >= 0.3 is 0 Å². The maximum absolute atomic E-state index is 12.1. The molecule has 0 aliphatic heterocycles. The highest BCUT2D eigenvalue weighted by Crippen LogP contribution is 2.15. The Balaban J connectivity index is 1.90. The Bertz CT molecular complexity index is 533. The molecule has 0 saturated heterocycles. The van der Waals surface area contributed by atoms with Crippen LogP contribution in [0.2, 0.25) is 0 Å². The van der Waals surface area contributed by atoms with Crippen LogP contribution in [0.1, 0.15) is 102 Å². The van der Waals surface area contributed by atoms with Gasteiger partial charge in [0.25, 0.3) is 0 Å². The second kappa shape index (κ2) is 17.5. The molecule has 0 radical (unpaired) electrons. The predicted molar refractivity (Wildman–Crippen MR) is 121 cm³/mol. The van der Waals surface area contributed by atoms with Gasteiger partial charge in [0, 0.05) is 12.8 Å². The third kappa shape index (κ3) is 13.6. The zero-order chi connectivity index (χ0) is 20.3. The van der Waals surface area contributed by atoms with Crippen molar-refractivity contribution in [3.05, 3.63) is 42.0 Å². The van der Waals surface area contributed by atoms with Gasteiger partial charge in [0.15, 0.2) is 0 Å². The molecule has 0 aliphatic rings. The molecule has 0 bridgehead atoms. The number of unbranched alkanes of at least 4 members (excludes halogenated alkanes) is 11. The van der Waals surface area contributed by atoms with Gasteiger partial charge in [-0.3, -0.25) is 4.79 Å². The third-order valence-electron chi connectivity index (χ3n) is 5.25. The Morgan fingerprint density at radius 2 is 1.46 bits per heavy atom. The number of ether oxygens (including phenoxy) is 1. The summed E-state index contributed by atoms with van der Waals surface area (Å²) >= 11 is 0. The minimum atomic E-state index is 0.339. The molecule has 2 heteroatoms. The fraction of sp³-hybridized carbons (Fsp3) is 0.654. The van der Waals surface area contributed by atoms with Crippen molar-refractivity contribution < 1.29 is 9.53 Å². The maximum atomic E-state index is 12.1. The fourth-order valence-corrected chi connectivity index (χ4v) is 3.49. The van der Waals surface area contributed by atoms with Crippen molar-refractivity contribution in [2.45, 2.75) is 103 Å². The molecule has 2 nitrogen and oxygen atoms in total. The summed E-state index contributed by atoms with van der Waals surface area (Å²) in [5.74, 6) is 1.16. The van der Waals surface area contributed by atoms with Crippen molar-refractivity contribution in [2.24, 2.45) is 0 Å². The summed E-state index contributed by atoms with van der Waals surface area (Å²) in [7, 11) is 1.66. The molecule has 1 aromatic rings. The molecule has 0 saturated carbocycles. The molecule has 0 aliphatic carbocycles. The average molecular weight is 387 g/mol. The van der Waals surface area contributed by atoms with Crippen molar-refractivity contribution in [3.8, 4) is 5.75 Å². The summed E-state index contributed by atoms with van der Waals surface area (Å²) in [6, 6.07) is 7.82. The molecule has 0 atom stereocenters. The molecule has 0 unspecified atom stereocenters. The number of Topliss-reactive ketones (excluding diaryl/α,β-unsaturated/α-hetero) is 1. The van der Waals surface area contributed by atoms with Crippen LogP contribution in [0, 0.1) is 0 Å². The Morgan fingerprint density at radius 3 is 2.11 bits per heavy atom. The van der Waals surface area contributed by atoms with E-state index in [1.807, 2.05) is 24.3 Å². The van der Waals surface area contributed by atoms with E-state index in [4.69, 9.17) is 4.74 Å². The van der Waals surface area contributed by atoms with E-state index >= 15 is 0 Å². The zero-order valence-corrected chi connectivity index (χ0v) is 18.4. The largest absolute Gasteiger partial charge is 0.497 e. The van der Waals surface area contributed by atoms with Gasteiger partial charge in [0.05, 0.1) is 7.11 Å². The number of hydrogen-bond donors (Lipinski definition) is 0. The van der Waals surface area contributed by atoms with Crippen LogP contribution in [0.3, 0.4) is 0 Å². The van der Waals surface area contributed by atoms with Gasteiger partial charge in [-0.1, -0.05) is 82.6 Å². The number of rotatable bonds is 18. The highest BCUT2D eigenvalue weighted by Gasteiger charge is 2.04. The third-order valence-corrected chi connectivity index (χ3v) is 5.25. The van der Waals surface area contributed by atoms with Gasteiger partial charge in [-0.05, 0) is 49.8 Å². The molecule has 0 amide bonds. The minimum absolute atomic E-state index is 0.339. The smallest absolute Gasteiger partial charge is 0.137 e. The van der Waals surface area contributed by atoms with Crippen molar-refractivity contribution >= 4 is 5.78 Å². The molecule has 1 aromatic carbocycles. The number of carbonyl (C=O) groups is 1. The monoisotopic (exact) mass is 386 g/mol. The van der Waals surface area contributed by atoms with Gasteiger partial charge in [-0.15, -0.1) is 0 Å². The summed E-state index contributed by atoms with van der Waals surface area (Å²) < 4.78 is 5.21. The van der Waals surface area contributed by atoms with Gasteiger partial charge in [-0.25, -0.2) is 0 Å². The lowest BCUT2D eigenvalue weighted by Gasteiger charge is -2.04. The highest BCUT2D eigenvalue weighted by atomic mass is 16.5. The second-order valence-electron chi connectivity index (χ2n) is 7.90. The molecular formula is C26H42O2. The van der Waals surface area contributed by atoms with E-state index in [0.29, 0.717) is 18.6 Å². The lowest BCUT2D eigenvalue weighted by Crippen LogP contribution is -2.02. The normalized spacial score (nSPS) is 11.2. The lowest BCUT2D eigenvalue weighted by molar-refractivity contribution is -0.118. The first-order chi connectivity index (χ1) is 13.8. The summed E-state index contributed by atoms with van der Waals surface area (Å²) in [6.07, 6.45) is 22.7. The van der Waals surface area contributed by atoms with Crippen LogP contribution in [-0.2, 0) is 11.2 Å². The number of benzene rings is 1. The predicted octanol–water partition coefficient (Wildman–Crippen LogP) is 7.84. The van der Waals surface area contributed by atoms with Gasteiger partial charge in [0.2, 0.25) is 0 Å². The number of ketones is 1. The first-order valence-corrected chi connectivity index (χ1v) is 11.6. The van der Waals surface area contributed by atoms with E-state index in [1.54, 1.807) is 7.11 Å². The SMILES string of the molecule is CCCCCCCC/C=C/CCCCCCCC(=O)Cc1cccc(OC)c1. The van der Waals surface area contributed by atoms with Crippen molar-refractivity contribution in [1.82, 2.24) is 0 Å². The van der Waals surface area contributed by atoms with Crippen LogP contribution in [0.15, 0.2) is 36.4 Å². The van der Waals surface area contributed by atoms with E-state index in [9.17, 15) is 4.79 Å². The van der Waals surface area contributed by atoms with Crippen LogP contribution >= 0.6 is 0 Å². The van der Waals surface area contributed by atoms with Crippen LogP contribution in [0.25, 0.3) is 0 Å². The van der Waals surface area contributed by atoms with Crippen molar-refractivity contribution in [3.63, 3.8) is 0 Å². The maximum Gasteiger partial charge on any atom is 0.137 e. The minimum Gasteiger partial charge on any atom is -0.497 e. The fourth-order valence-electron chi connectivity index (χ4n) is 3.49. The molecule has 28 heavy (non-hydrogen) atoms. The van der Waals surface area contributed by atoms with Crippen molar-refractivity contribution in [2.75, 3.05) is 7.11 Å². The summed E-state index contributed by atoms with van der Waals surface area (Å²) in [5.41, 5.74) is 1.05. The first-order valence-electron chi connectivity index (χ1n) is 11.6. The standard InChI is InChI=1S/C26H42O2/c1-3-4-5-6-7-8-9-10-11-12-13-14-15-16-17-20-25(27)22-24-19-18-21-26(23-24)28-2/h10-11,18-19,21,23H,3-9,12-17,20,22H2,1-2H3/b11-10+. The number of methoxy groups -OCH3 is 1. The molecule has 0 N–H and O–H groups in total. The van der Waals surface area contributed by atoms with Gasteiger partial charge in [-0.2, -0.15) is 0 Å². The van der Waals surface area contributed by atoms with Crippen LogP contribution in [-0.4, -0.2) is 12.9 Å². The van der Waals surface area contributed by atoms with Crippen LogP contribution < -0.4 is 4.74 Å². The second-order valence-corrected chi connectivity index (χ2v) is 7.90. The molecule has 0 aromatic heterocycles.